The molecule has 1 amide bonds. The number of fused-ring (bicyclic) bond motifs is 3. The summed E-state index contributed by atoms with van der Waals surface area (Å²) in [5.74, 6) is 0.635. The Balaban J connectivity index is 1.50. The predicted octanol–water partition coefficient (Wildman–Crippen LogP) is 4.75. The third kappa shape index (κ3) is 3.53. The van der Waals surface area contributed by atoms with E-state index in [1.165, 1.54) is 0 Å². The minimum Gasteiger partial charge on any atom is -0.494 e. The van der Waals surface area contributed by atoms with Gasteiger partial charge in [-0.15, -0.1) is 0 Å². The molecule has 0 aliphatic rings. The van der Waals surface area contributed by atoms with Crippen molar-refractivity contribution in [1.29, 1.82) is 0 Å². The number of hydrogen-bond acceptors (Lipinski definition) is 4. The summed E-state index contributed by atoms with van der Waals surface area (Å²) in [6.45, 7) is 2.56. The maximum absolute atomic E-state index is 12.3. The molecule has 5 heteroatoms. The standard InChI is InChI=1S/C22H18N2O3/c1-2-26-17-10-7-15(8-11-17)14-23-24-22(25)21-13-19-18-6-4-3-5-16(18)9-12-20(19)27-21/h3-14H,2H2,1H3,(H,24,25)/b23-14-. The van der Waals surface area contributed by atoms with Crippen molar-refractivity contribution in [3.8, 4) is 5.75 Å². The first kappa shape index (κ1) is 16.8. The van der Waals surface area contributed by atoms with E-state index in [1.54, 1.807) is 12.3 Å². The van der Waals surface area contributed by atoms with E-state index in [1.807, 2.05) is 67.6 Å². The lowest BCUT2D eigenvalue weighted by Crippen LogP contribution is -2.16. The molecule has 1 aromatic heterocycles. The van der Waals surface area contributed by atoms with Gasteiger partial charge in [0.2, 0.25) is 0 Å². The summed E-state index contributed by atoms with van der Waals surface area (Å²) < 4.78 is 11.1. The summed E-state index contributed by atoms with van der Waals surface area (Å²) in [5, 5.41) is 7.07. The molecule has 4 rings (SSSR count). The molecule has 5 nitrogen and oxygen atoms in total. The Morgan fingerprint density at radius 3 is 2.70 bits per heavy atom. The van der Waals surface area contributed by atoms with E-state index in [2.05, 4.69) is 10.5 Å². The van der Waals surface area contributed by atoms with Crippen molar-refractivity contribution in [1.82, 2.24) is 5.43 Å². The first-order valence-corrected chi connectivity index (χ1v) is 8.72. The van der Waals surface area contributed by atoms with Crippen molar-refractivity contribution in [3.05, 3.63) is 78.1 Å². The fourth-order valence-electron chi connectivity index (χ4n) is 2.94. The van der Waals surface area contributed by atoms with Gasteiger partial charge in [0.05, 0.1) is 12.8 Å². The highest BCUT2D eigenvalue weighted by Gasteiger charge is 2.13. The van der Waals surface area contributed by atoms with Gasteiger partial charge in [0.15, 0.2) is 5.76 Å². The molecule has 0 saturated heterocycles. The number of nitrogens with one attached hydrogen (secondary N) is 1. The fraction of sp³-hybridized carbons (Fsp3) is 0.0909. The van der Waals surface area contributed by atoms with Crippen LogP contribution in [0, 0.1) is 0 Å². The maximum atomic E-state index is 12.3. The minimum absolute atomic E-state index is 0.227. The first-order chi connectivity index (χ1) is 13.2. The number of amides is 1. The van der Waals surface area contributed by atoms with Crippen LogP contribution >= 0.6 is 0 Å². The smallest absolute Gasteiger partial charge is 0.307 e. The van der Waals surface area contributed by atoms with E-state index in [-0.39, 0.29) is 5.76 Å². The molecule has 4 aromatic rings. The van der Waals surface area contributed by atoms with Crippen LogP contribution in [0.5, 0.6) is 5.75 Å². The van der Waals surface area contributed by atoms with Crippen LogP contribution in [0.4, 0.5) is 0 Å². The van der Waals surface area contributed by atoms with Crippen molar-refractivity contribution in [2.75, 3.05) is 6.61 Å². The Hall–Kier alpha value is -3.60. The highest BCUT2D eigenvalue weighted by molar-refractivity contribution is 6.08. The van der Waals surface area contributed by atoms with Gasteiger partial charge in [-0.25, -0.2) is 5.43 Å². The average molecular weight is 358 g/mol. The fourth-order valence-corrected chi connectivity index (χ4v) is 2.94. The highest BCUT2D eigenvalue weighted by Crippen LogP contribution is 2.28. The third-order valence-electron chi connectivity index (χ3n) is 4.22. The lowest BCUT2D eigenvalue weighted by molar-refractivity contribution is 0.0929. The van der Waals surface area contributed by atoms with Crippen LogP contribution < -0.4 is 10.2 Å². The summed E-state index contributed by atoms with van der Waals surface area (Å²) in [6, 6.07) is 21.1. The van der Waals surface area contributed by atoms with Crippen molar-refractivity contribution in [3.63, 3.8) is 0 Å². The van der Waals surface area contributed by atoms with Gasteiger partial charge in [0.25, 0.3) is 0 Å². The number of nitrogens with zero attached hydrogens (tertiary/aromatic N) is 1. The predicted molar refractivity (Wildman–Crippen MR) is 106 cm³/mol. The molecule has 0 fully saturated rings. The molecule has 0 spiro atoms. The Bertz CT molecular complexity index is 1130. The quantitative estimate of drug-likeness (QED) is 0.414. The molecule has 1 heterocycles. The largest absolute Gasteiger partial charge is 0.494 e. The number of benzene rings is 3. The van der Waals surface area contributed by atoms with Gasteiger partial charge in [-0.2, -0.15) is 5.10 Å². The second-order valence-corrected chi connectivity index (χ2v) is 6.01. The summed E-state index contributed by atoms with van der Waals surface area (Å²) in [6.07, 6.45) is 1.58. The molecular weight excluding hydrogens is 340 g/mol. The molecule has 3 aromatic carbocycles. The summed E-state index contributed by atoms with van der Waals surface area (Å²) in [4.78, 5) is 12.3. The molecule has 0 unspecified atom stereocenters. The van der Waals surface area contributed by atoms with Crippen molar-refractivity contribution in [2.45, 2.75) is 6.92 Å². The van der Waals surface area contributed by atoms with Gasteiger partial charge in [-0.1, -0.05) is 30.3 Å². The van der Waals surface area contributed by atoms with E-state index >= 15 is 0 Å². The summed E-state index contributed by atoms with van der Waals surface area (Å²) in [5.41, 5.74) is 4.03. The van der Waals surface area contributed by atoms with Gasteiger partial charge < -0.3 is 9.15 Å². The molecule has 0 atom stereocenters. The Morgan fingerprint density at radius 2 is 1.89 bits per heavy atom. The van der Waals surface area contributed by atoms with Crippen LogP contribution in [-0.2, 0) is 0 Å². The van der Waals surface area contributed by atoms with Crippen molar-refractivity contribution >= 4 is 33.9 Å². The highest BCUT2D eigenvalue weighted by atomic mass is 16.5. The molecule has 1 N–H and O–H groups in total. The minimum atomic E-state index is -0.391. The number of rotatable bonds is 5. The second kappa shape index (κ2) is 7.33. The number of hydrazone groups is 1. The summed E-state index contributed by atoms with van der Waals surface area (Å²) in [7, 11) is 0. The van der Waals surface area contributed by atoms with Crippen LogP contribution in [0.2, 0.25) is 0 Å². The van der Waals surface area contributed by atoms with E-state index in [4.69, 9.17) is 9.15 Å². The topological polar surface area (TPSA) is 63.8 Å². The van der Waals surface area contributed by atoms with Gasteiger partial charge in [0.1, 0.15) is 11.3 Å². The monoisotopic (exact) mass is 358 g/mol. The van der Waals surface area contributed by atoms with Gasteiger partial charge in [-0.05, 0) is 59.7 Å². The van der Waals surface area contributed by atoms with Crippen molar-refractivity contribution < 1.29 is 13.9 Å². The average Bonchev–Trinajstić information content (AvgIpc) is 3.14. The lowest BCUT2D eigenvalue weighted by atomic mass is 10.1. The Morgan fingerprint density at radius 1 is 1.07 bits per heavy atom. The van der Waals surface area contributed by atoms with E-state index < -0.39 is 5.91 Å². The SMILES string of the molecule is CCOc1ccc(/C=N\NC(=O)c2cc3c(ccc4ccccc43)o2)cc1. The van der Waals surface area contributed by atoms with Crippen LogP contribution in [0.3, 0.4) is 0 Å². The van der Waals surface area contributed by atoms with Gasteiger partial charge >= 0.3 is 5.91 Å². The zero-order valence-corrected chi connectivity index (χ0v) is 14.8. The number of carbonyl (C=O) groups is 1. The molecule has 0 saturated carbocycles. The molecule has 0 aliphatic carbocycles. The molecule has 0 aliphatic heterocycles. The maximum Gasteiger partial charge on any atom is 0.307 e. The third-order valence-corrected chi connectivity index (χ3v) is 4.22. The number of carbonyl (C=O) groups excluding carboxylic acids is 1. The van der Waals surface area contributed by atoms with Crippen molar-refractivity contribution in [2.24, 2.45) is 5.10 Å². The Labute approximate surface area is 156 Å². The summed E-state index contributed by atoms with van der Waals surface area (Å²) >= 11 is 0. The first-order valence-electron chi connectivity index (χ1n) is 8.72. The van der Waals surface area contributed by atoms with E-state index in [9.17, 15) is 4.79 Å². The van der Waals surface area contributed by atoms with E-state index in [0.717, 1.165) is 27.5 Å². The van der Waals surface area contributed by atoms with E-state index in [0.29, 0.717) is 12.2 Å². The van der Waals surface area contributed by atoms with Crippen LogP contribution in [0.1, 0.15) is 23.0 Å². The normalized spacial score (nSPS) is 11.3. The zero-order chi connectivity index (χ0) is 18.6. The lowest BCUT2D eigenvalue weighted by Gasteiger charge is -2.02. The van der Waals surface area contributed by atoms with Crippen LogP contribution in [0.15, 0.2) is 76.2 Å². The molecule has 134 valence electrons. The number of hydrogen-bond donors (Lipinski definition) is 1. The number of ether oxygens (including phenoxy) is 1. The molecular formula is C22H18N2O3. The number of furan rings is 1. The van der Waals surface area contributed by atoms with Gasteiger partial charge in [-0.3, -0.25) is 4.79 Å². The second-order valence-electron chi connectivity index (χ2n) is 6.01. The van der Waals surface area contributed by atoms with Crippen LogP contribution in [-0.4, -0.2) is 18.7 Å². The Kier molecular flexibility index (Phi) is 4.58. The molecule has 27 heavy (non-hydrogen) atoms. The molecule has 0 radical (unpaired) electrons. The van der Waals surface area contributed by atoms with Crippen LogP contribution in [0.25, 0.3) is 21.7 Å². The molecule has 0 bridgehead atoms. The zero-order valence-electron chi connectivity index (χ0n) is 14.8. The van der Waals surface area contributed by atoms with Gasteiger partial charge in [0, 0.05) is 5.39 Å².